The number of hydrogen-bond donors (Lipinski definition) is 2. The number of benzene rings is 1. The molecule has 162 valence electrons. The van der Waals surface area contributed by atoms with E-state index in [2.05, 4.69) is 5.32 Å². The summed E-state index contributed by atoms with van der Waals surface area (Å²) in [5, 5.41) is 14.4. The number of hydrogen-bond acceptors (Lipinski definition) is 6. The molecule has 0 unspecified atom stereocenters. The number of piperidine rings is 1. The number of aliphatic hydroxyl groups is 1. The van der Waals surface area contributed by atoms with Crippen molar-refractivity contribution in [2.24, 2.45) is 0 Å². The zero-order valence-electron chi connectivity index (χ0n) is 17.3. The highest BCUT2D eigenvalue weighted by molar-refractivity contribution is 7.99. The van der Waals surface area contributed by atoms with E-state index in [1.807, 2.05) is 37.4 Å². The van der Waals surface area contributed by atoms with E-state index in [0.29, 0.717) is 49.4 Å². The third-order valence-corrected chi connectivity index (χ3v) is 6.82. The van der Waals surface area contributed by atoms with Crippen molar-refractivity contribution in [1.29, 1.82) is 0 Å². The van der Waals surface area contributed by atoms with E-state index in [4.69, 9.17) is 9.15 Å². The maximum atomic E-state index is 12.9. The number of carbonyl (C=O) groups excluding carboxylic acids is 2. The van der Waals surface area contributed by atoms with Crippen LogP contribution < -0.4 is 5.32 Å². The Labute approximate surface area is 180 Å². The zero-order chi connectivity index (χ0) is 21.4. The van der Waals surface area contributed by atoms with Crippen molar-refractivity contribution in [3.05, 3.63) is 36.1 Å². The molecule has 1 spiro atoms. The monoisotopic (exact) mass is 432 g/mol. The second-order valence-corrected chi connectivity index (χ2v) is 9.39. The fraction of sp³-hybridized carbons (Fsp3) is 0.545. The van der Waals surface area contributed by atoms with E-state index in [9.17, 15) is 14.7 Å². The van der Waals surface area contributed by atoms with Crippen LogP contribution in [0.3, 0.4) is 0 Å². The molecule has 7 nitrogen and oxygen atoms in total. The highest BCUT2D eigenvalue weighted by atomic mass is 32.2. The number of likely N-dealkylation sites (tertiary alicyclic amines) is 1. The molecule has 8 heteroatoms. The Hall–Kier alpha value is -2.03. The maximum absolute atomic E-state index is 12.9. The molecular weight excluding hydrogens is 404 g/mol. The first-order valence-corrected chi connectivity index (χ1v) is 11.6. The van der Waals surface area contributed by atoms with Crippen LogP contribution in [0.2, 0.25) is 0 Å². The molecule has 2 aliphatic rings. The van der Waals surface area contributed by atoms with Crippen molar-refractivity contribution >= 4 is 34.5 Å². The number of rotatable bonds is 4. The van der Waals surface area contributed by atoms with Gasteiger partial charge in [0.1, 0.15) is 11.7 Å². The van der Waals surface area contributed by atoms with E-state index in [0.717, 1.165) is 5.39 Å². The number of nitrogens with one attached hydrogen (secondary N) is 1. The van der Waals surface area contributed by atoms with E-state index in [-0.39, 0.29) is 18.4 Å². The van der Waals surface area contributed by atoms with E-state index >= 15 is 0 Å². The Morgan fingerprint density at radius 2 is 2.03 bits per heavy atom. The SMILES string of the molecule is CSCC(=O)N[C@@]1(C)CC2(CCN(C(=O)c3cc4ccccc4o3)CC2)OC[C@@H]1O. The predicted octanol–water partition coefficient (Wildman–Crippen LogP) is 2.43. The topological polar surface area (TPSA) is 92.0 Å². The summed E-state index contributed by atoms with van der Waals surface area (Å²) in [6, 6.07) is 9.36. The molecule has 2 aliphatic heterocycles. The molecule has 1 aromatic heterocycles. The van der Waals surface area contributed by atoms with Crippen molar-refractivity contribution in [3.63, 3.8) is 0 Å². The fourth-order valence-electron chi connectivity index (χ4n) is 4.57. The first kappa shape index (κ1) is 21.2. The third kappa shape index (κ3) is 4.08. The molecule has 2 N–H and O–H groups in total. The number of amides is 2. The smallest absolute Gasteiger partial charge is 0.289 e. The summed E-state index contributed by atoms with van der Waals surface area (Å²) in [6.45, 7) is 3.14. The van der Waals surface area contributed by atoms with Gasteiger partial charge in [0.25, 0.3) is 5.91 Å². The molecule has 0 bridgehead atoms. The van der Waals surface area contributed by atoms with E-state index in [1.54, 1.807) is 11.0 Å². The largest absolute Gasteiger partial charge is 0.451 e. The molecule has 2 amide bonds. The normalized spacial score (nSPS) is 26.1. The van der Waals surface area contributed by atoms with Crippen LogP contribution in [0.25, 0.3) is 11.0 Å². The highest BCUT2D eigenvalue weighted by Gasteiger charge is 2.50. The fourth-order valence-corrected chi connectivity index (χ4v) is 4.91. The van der Waals surface area contributed by atoms with Crippen molar-refractivity contribution < 1.29 is 23.8 Å². The van der Waals surface area contributed by atoms with Crippen LogP contribution in [-0.2, 0) is 9.53 Å². The Kier molecular flexibility index (Phi) is 5.83. The number of para-hydroxylation sites is 1. The van der Waals surface area contributed by atoms with Gasteiger partial charge in [0.05, 0.1) is 23.5 Å². The summed E-state index contributed by atoms with van der Waals surface area (Å²) >= 11 is 1.45. The lowest BCUT2D eigenvalue weighted by Gasteiger charge is -2.51. The minimum Gasteiger partial charge on any atom is -0.451 e. The minimum absolute atomic E-state index is 0.0846. The molecule has 3 heterocycles. The summed E-state index contributed by atoms with van der Waals surface area (Å²) in [4.78, 5) is 26.9. The molecule has 0 saturated carbocycles. The second-order valence-electron chi connectivity index (χ2n) is 8.53. The van der Waals surface area contributed by atoms with Crippen LogP contribution in [0.1, 0.15) is 36.7 Å². The van der Waals surface area contributed by atoms with Gasteiger partial charge in [-0.05, 0) is 38.2 Å². The summed E-state index contributed by atoms with van der Waals surface area (Å²) in [5.41, 5.74) is -0.489. The number of fused-ring (bicyclic) bond motifs is 1. The molecule has 0 radical (unpaired) electrons. The van der Waals surface area contributed by atoms with Gasteiger partial charge in [-0.3, -0.25) is 9.59 Å². The van der Waals surface area contributed by atoms with Crippen molar-refractivity contribution in [3.8, 4) is 0 Å². The van der Waals surface area contributed by atoms with Gasteiger partial charge in [0.15, 0.2) is 5.76 Å². The van der Waals surface area contributed by atoms with Gasteiger partial charge >= 0.3 is 0 Å². The lowest BCUT2D eigenvalue weighted by molar-refractivity contribution is -0.178. The van der Waals surface area contributed by atoms with Crippen molar-refractivity contribution in [2.75, 3.05) is 31.7 Å². The molecule has 2 aromatic rings. The summed E-state index contributed by atoms with van der Waals surface area (Å²) < 4.78 is 11.8. The van der Waals surface area contributed by atoms with Crippen LogP contribution in [0.4, 0.5) is 0 Å². The Balaban J connectivity index is 1.42. The Morgan fingerprint density at radius 3 is 2.73 bits per heavy atom. The van der Waals surface area contributed by atoms with Crippen molar-refractivity contribution in [2.45, 2.75) is 43.4 Å². The van der Waals surface area contributed by atoms with Gasteiger partial charge in [-0.15, -0.1) is 0 Å². The quantitative estimate of drug-likeness (QED) is 0.771. The standard InChI is InChI=1S/C22H28N2O5S/c1-21(23-19(26)13-30-2)14-22(28-12-18(21)25)7-9-24(10-8-22)20(27)17-11-15-5-3-4-6-16(15)29-17/h3-6,11,18,25H,7-10,12-14H2,1-2H3,(H,23,26)/t18-,21-/m0/s1. The van der Waals surface area contributed by atoms with Crippen LogP contribution in [0.5, 0.6) is 0 Å². The van der Waals surface area contributed by atoms with Gasteiger partial charge in [0.2, 0.25) is 5.91 Å². The number of aliphatic hydroxyl groups excluding tert-OH is 1. The number of furan rings is 1. The number of ether oxygens (including phenoxy) is 1. The molecule has 4 rings (SSSR count). The lowest BCUT2D eigenvalue weighted by atomic mass is 9.74. The molecule has 1 aromatic carbocycles. The maximum Gasteiger partial charge on any atom is 0.289 e. The van der Waals surface area contributed by atoms with Gasteiger partial charge in [-0.25, -0.2) is 0 Å². The first-order chi connectivity index (χ1) is 14.3. The third-order valence-electron chi connectivity index (χ3n) is 6.27. The first-order valence-electron chi connectivity index (χ1n) is 10.2. The molecule has 0 aliphatic carbocycles. The summed E-state index contributed by atoms with van der Waals surface area (Å²) in [6.07, 6.45) is 2.94. The van der Waals surface area contributed by atoms with E-state index in [1.165, 1.54) is 11.8 Å². The minimum atomic E-state index is -0.760. The van der Waals surface area contributed by atoms with Crippen LogP contribution in [-0.4, -0.2) is 70.8 Å². The van der Waals surface area contributed by atoms with E-state index < -0.39 is 17.2 Å². The number of thioether (sulfide) groups is 1. The lowest BCUT2D eigenvalue weighted by Crippen LogP contribution is -2.66. The Bertz CT molecular complexity index is 904. The van der Waals surface area contributed by atoms with Gasteiger partial charge in [-0.1, -0.05) is 18.2 Å². The van der Waals surface area contributed by atoms with Crippen LogP contribution >= 0.6 is 11.8 Å². The van der Waals surface area contributed by atoms with Gasteiger partial charge in [0, 0.05) is 24.9 Å². The molecule has 30 heavy (non-hydrogen) atoms. The second kappa shape index (κ2) is 8.24. The molecular formula is C22H28N2O5S. The molecule has 2 atom stereocenters. The van der Waals surface area contributed by atoms with Crippen LogP contribution in [0.15, 0.2) is 34.7 Å². The zero-order valence-corrected chi connectivity index (χ0v) is 18.2. The average Bonchev–Trinajstić information content (AvgIpc) is 3.15. The molecule has 2 saturated heterocycles. The van der Waals surface area contributed by atoms with Gasteiger partial charge < -0.3 is 24.5 Å². The summed E-state index contributed by atoms with van der Waals surface area (Å²) in [7, 11) is 0. The number of carbonyl (C=O) groups is 2. The average molecular weight is 433 g/mol. The van der Waals surface area contributed by atoms with Crippen LogP contribution in [0, 0.1) is 0 Å². The Morgan fingerprint density at radius 1 is 1.30 bits per heavy atom. The van der Waals surface area contributed by atoms with Gasteiger partial charge in [-0.2, -0.15) is 11.8 Å². The molecule has 2 fully saturated rings. The summed E-state index contributed by atoms with van der Waals surface area (Å²) in [5.74, 6) is 0.503. The number of nitrogens with zero attached hydrogens (tertiary/aromatic N) is 1. The van der Waals surface area contributed by atoms with Crippen molar-refractivity contribution in [1.82, 2.24) is 10.2 Å². The highest BCUT2D eigenvalue weighted by Crippen LogP contribution is 2.40. The predicted molar refractivity (Wildman–Crippen MR) is 116 cm³/mol.